The molecule has 0 aromatic carbocycles. The highest BCUT2D eigenvalue weighted by atomic mass is 16.1. The minimum absolute atomic E-state index is 0.0316. The van der Waals surface area contributed by atoms with E-state index in [4.69, 9.17) is 0 Å². The van der Waals surface area contributed by atoms with E-state index in [1.165, 1.54) is 25.7 Å². The van der Waals surface area contributed by atoms with Crippen molar-refractivity contribution in [2.45, 2.75) is 92.9 Å². The van der Waals surface area contributed by atoms with Crippen LogP contribution >= 0.6 is 0 Å². The third-order valence-electron chi connectivity index (χ3n) is 4.25. The summed E-state index contributed by atoms with van der Waals surface area (Å²) in [5.41, 5.74) is 3.64. The summed E-state index contributed by atoms with van der Waals surface area (Å²) in [7, 11) is 0. The van der Waals surface area contributed by atoms with Gasteiger partial charge < -0.3 is 4.98 Å². The number of nitrogens with zero attached hydrogens (tertiary/aromatic N) is 1. The molecule has 0 amide bonds. The molecule has 0 bridgehead atoms. The predicted molar refractivity (Wildman–Crippen MR) is 121 cm³/mol. The third-order valence-corrected chi connectivity index (χ3v) is 4.25. The number of rotatable bonds is 10. The maximum Gasteiger partial charge on any atom is 0.251 e. The SMILES string of the molecule is C/C=C\C(=NC=C(C)C)c1ccc(C(CCCC)CCCC)c(=O)[nH]1.CC. The summed E-state index contributed by atoms with van der Waals surface area (Å²) in [5.74, 6) is 0.359. The molecule has 0 saturated carbocycles. The van der Waals surface area contributed by atoms with E-state index in [1.54, 1.807) is 0 Å². The second kappa shape index (κ2) is 15.2. The topological polar surface area (TPSA) is 45.2 Å². The van der Waals surface area contributed by atoms with E-state index in [0.29, 0.717) is 5.92 Å². The Balaban J connectivity index is 0.00000326. The van der Waals surface area contributed by atoms with Gasteiger partial charge in [0, 0.05) is 11.8 Å². The van der Waals surface area contributed by atoms with Crippen molar-refractivity contribution >= 4 is 5.71 Å². The number of unbranched alkanes of at least 4 members (excludes halogenated alkanes) is 2. The van der Waals surface area contributed by atoms with Crippen LogP contribution in [-0.2, 0) is 0 Å². The van der Waals surface area contributed by atoms with Crippen LogP contribution in [0.15, 0.2) is 45.8 Å². The van der Waals surface area contributed by atoms with Gasteiger partial charge in [0.2, 0.25) is 0 Å². The number of aromatic amines is 1. The quantitative estimate of drug-likeness (QED) is 0.435. The molecule has 1 aromatic heterocycles. The second-order valence-corrected chi connectivity index (χ2v) is 6.86. The predicted octanol–water partition coefficient (Wildman–Crippen LogP) is 7.15. The molecule has 3 heteroatoms. The fraction of sp³-hybridized carbons (Fsp3) is 0.583. The van der Waals surface area contributed by atoms with Crippen molar-refractivity contribution in [2.75, 3.05) is 0 Å². The van der Waals surface area contributed by atoms with Crippen molar-refractivity contribution in [1.82, 2.24) is 4.98 Å². The average Bonchev–Trinajstić information content (AvgIpc) is 2.67. The highest BCUT2D eigenvalue weighted by Crippen LogP contribution is 2.25. The summed E-state index contributed by atoms with van der Waals surface area (Å²) < 4.78 is 0. The van der Waals surface area contributed by atoms with Gasteiger partial charge in [0.25, 0.3) is 5.56 Å². The molecular formula is C24H40N2O. The zero-order valence-corrected chi connectivity index (χ0v) is 18.6. The Morgan fingerprint density at radius 2 is 1.70 bits per heavy atom. The van der Waals surface area contributed by atoms with Crippen LogP contribution in [0.25, 0.3) is 0 Å². The number of H-pyrrole nitrogens is 1. The summed E-state index contributed by atoms with van der Waals surface area (Å²) in [6.07, 6.45) is 12.5. The molecule has 0 fully saturated rings. The van der Waals surface area contributed by atoms with Crippen molar-refractivity contribution in [2.24, 2.45) is 4.99 Å². The van der Waals surface area contributed by atoms with Gasteiger partial charge >= 0.3 is 0 Å². The maximum absolute atomic E-state index is 12.7. The lowest BCUT2D eigenvalue weighted by molar-refractivity contribution is 0.521. The highest BCUT2D eigenvalue weighted by molar-refractivity contribution is 6.07. The second-order valence-electron chi connectivity index (χ2n) is 6.86. The molecule has 27 heavy (non-hydrogen) atoms. The van der Waals surface area contributed by atoms with Crippen LogP contribution < -0.4 is 5.56 Å². The molecule has 0 radical (unpaired) electrons. The minimum Gasteiger partial charge on any atom is -0.320 e. The van der Waals surface area contributed by atoms with Crippen LogP contribution in [0.2, 0.25) is 0 Å². The van der Waals surface area contributed by atoms with Gasteiger partial charge in [-0.25, -0.2) is 0 Å². The van der Waals surface area contributed by atoms with E-state index >= 15 is 0 Å². The minimum atomic E-state index is 0.0316. The van der Waals surface area contributed by atoms with E-state index in [1.807, 2.05) is 65.1 Å². The molecular weight excluding hydrogens is 332 g/mol. The molecule has 1 aromatic rings. The molecule has 0 aliphatic rings. The van der Waals surface area contributed by atoms with E-state index in [0.717, 1.165) is 35.4 Å². The number of pyridine rings is 1. The smallest absolute Gasteiger partial charge is 0.251 e. The number of hydrogen-bond donors (Lipinski definition) is 1. The van der Waals surface area contributed by atoms with Crippen molar-refractivity contribution in [3.8, 4) is 0 Å². The normalized spacial score (nSPS) is 11.5. The van der Waals surface area contributed by atoms with Gasteiger partial charge in [-0.1, -0.05) is 71.1 Å². The number of aliphatic imine (C=N–C) groups is 1. The summed E-state index contributed by atoms with van der Waals surface area (Å²) in [6, 6.07) is 4.00. The number of hydrogen-bond acceptors (Lipinski definition) is 2. The van der Waals surface area contributed by atoms with Gasteiger partial charge in [-0.3, -0.25) is 9.79 Å². The number of nitrogens with one attached hydrogen (secondary N) is 1. The molecule has 0 atom stereocenters. The van der Waals surface area contributed by atoms with E-state index in [9.17, 15) is 4.79 Å². The highest BCUT2D eigenvalue weighted by Gasteiger charge is 2.15. The molecule has 1 rings (SSSR count). The van der Waals surface area contributed by atoms with E-state index in [2.05, 4.69) is 23.8 Å². The fourth-order valence-electron chi connectivity index (χ4n) is 2.87. The van der Waals surface area contributed by atoms with Gasteiger partial charge in [0.15, 0.2) is 0 Å². The Bertz CT molecular complexity index is 653. The molecule has 1 heterocycles. The molecule has 0 unspecified atom stereocenters. The Labute approximate surface area is 166 Å². The standard InChI is InChI=1S/C22H34N2O.C2H6/c1-6-9-12-18(13-10-7-2)19-14-15-21(24-22(19)25)20(11-8-3)23-16-17(4)5;1-2/h8,11,14-16,18H,6-7,9-10,12-13H2,1-5H3,(H,24,25);1-2H3/b11-8-,23-20?;. The first-order valence-corrected chi connectivity index (χ1v) is 10.6. The monoisotopic (exact) mass is 372 g/mol. The van der Waals surface area contributed by atoms with Crippen molar-refractivity contribution in [1.29, 1.82) is 0 Å². The lowest BCUT2D eigenvalue weighted by Gasteiger charge is -2.16. The van der Waals surface area contributed by atoms with Crippen molar-refractivity contribution in [3.05, 3.63) is 57.7 Å². The summed E-state index contributed by atoms with van der Waals surface area (Å²) in [5, 5.41) is 0. The first-order chi connectivity index (χ1) is 13.0. The fourth-order valence-corrected chi connectivity index (χ4v) is 2.87. The zero-order chi connectivity index (χ0) is 20.7. The van der Waals surface area contributed by atoms with E-state index in [-0.39, 0.29) is 5.56 Å². The van der Waals surface area contributed by atoms with Gasteiger partial charge in [-0.15, -0.1) is 0 Å². The molecule has 1 N–H and O–H groups in total. The van der Waals surface area contributed by atoms with Gasteiger partial charge in [0.1, 0.15) is 0 Å². The van der Waals surface area contributed by atoms with Crippen LogP contribution in [0, 0.1) is 0 Å². The average molecular weight is 373 g/mol. The largest absolute Gasteiger partial charge is 0.320 e. The Hall–Kier alpha value is -1.90. The van der Waals surface area contributed by atoms with Crippen LogP contribution in [0.5, 0.6) is 0 Å². The molecule has 0 saturated heterocycles. The maximum atomic E-state index is 12.7. The van der Waals surface area contributed by atoms with Crippen LogP contribution in [-0.4, -0.2) is 10.7 Å². The van der Waals surface area contributed by atoms with Crippen LogP contribution in [0.3, 0.4) is 0 Å². The molecule has 152 valence electrons. The molecule has 3 nitrogen and oxygen atoms in total. The van der Waals surface area contributed by atoms with Crippen LogP contribution in [0.1, 0.15) is 104 Å². The Morgan fingerprint density at radius 3 is 2.15 bits per heavy atom. The first-order valence-electron chi connectivity index (χ1n) is 10.6. The summed E-state index contributed by atoms with van der Waals surface area (Å²) >= 11 is 0. The lowest BCUT2D eigenvalue weighted by Crippen LogP contribution is -2.19. The van der Waals surface area contributed by atoms with Crippen molar-refractivity contribution < 1.29 is 0 Å². The van der Waals surface area contributed by atoms with Gasteiger partial charge in [-0.05, 0) is 51.7 Å². The zero-order valence-electron chi connectivity index (χ0n) is 18.6. The first kappa shape index (κ1) is 25.1. The number of allylic oxidation sites excluding steroid dienone is 3. The van der Waals surface area contributed by atoms with Gasteiger partial charge in [-0.2, -0.15) is 0 Å². The van der Waals surface area contributed by atoms with E-state index < -0.39 is 0 Å². The molecule has 0 aliphatic carbocycles. The lowest BCUT2D eigenvalue weighted by atomic mass is 9.89. The molecule has 0 aliphatic heterocycles. The number of aromatic nitrogens is 1. The summed E-state index contributed by atoms with van der Waals surface area (Å²) in [6.45, 7) is 14.4. The van der Waals surface area contributed by atoms with Gasteiger partial charge in [0.05, 0.1) is 11.4 Å². The Kier molecular flexibility index (Phi) is 14.1. The third kappa shape index (κ3) is 9.55. The summed E-state index contributed by atoms with van der Waals surface area (Å²) in [4.78, 5) is 20.3. The molecule has 0 spiro atoms. The van der Waals surface area contributed by atoms with Crippen molar-refractivity contribution in [3.63, 3.8) is 0 Å². The van der Waals surface area contributed by atoms with Crippen LogP contribution in [0.4, 0.5) is 0 Å². The Morgan fingerprint density at radius 1 is 1.11 bits per heavy atom.